The van der Waals surface area contributed by atoms with Crippen LogP contribution in [0, 0.1) is 0 Å². The molecule has 0 fully saturated rings. The first kappa shape index (κ1) is 52.7. The van der Waals surface area contributed by atoms with Crippen molar-refractivity contribution < 1.29 is 37.3 Å². The van der Waals surface area contributed by atoms with Gasteiger partial charge in [0.25, 0.3) is 7.82 Å². The van der Waals surface area contributed by atoms with E-state index in [1.54, 1.807) is 0 Å². The van der Waals surface area contributed by atoms with E-state index in [0.717, 1.165) is 70.6 Å². The molecule has 0 aliphatic heterocycles. The van der Waals surface area contributed by atoms with Crippen molar-refractivity contribution in [2.24, 2.45) is 0 Å². The van der Waals surface area contributed by atoms with Gasteiger partial charge in [-0.2, -0.15) is 0 Å². The molecule has 54 heavy (non-hydrogen) atoms. The highest BCUT2D eigenvalue weighted by atomic mass is 31.2. The zero-order chi connectivity index (χ0) is 39.9. The van der Waals surface area contributed by atoms with Gasteiger partial charge in [-0.15, -0.1) is 0 Å². The van der Waals surface area contributed by atoms with Crippen LogP contribution in [0.2, 0.25) is 0 Å². The average molecular weight is 784 g/mol. The molecule has 0 saturated carbocycles. The molecule has 0 aromatic carbocycles. The van der Waals surface area contributed by atoms with Gasteiger partial charge in [0.05, 0.1) is 34.4 Å². The van der Waals surface area contributed by atoms with Crippen LogP contribution in [-0.4, -0.2) is 70.7 Å². The van der Waals surface area contributed by atoms with Gasteiger partial charge in [0.15, 0.2) is 0 Å². The molecule has 0 aliphatic carbocycles. The van der Waals surface area contributed by atoms with Gasteiger partial charge in [0.2, 0.25) is 0 Å². The summed E-state index contributed by atoms with van der Waals surface area (Å²) in [5.74, 6) is -0.349. The first-order valence-electron chi connectivity index (χ1n) is 22.2. The summed E-state index contributed by atoms with van der Waals surface area (Å²) in [6, 6.07) is 0. The smallest absolute Gasteiger partial charge is 0.306 e. The number of hydrogen-bond acceptors (Lipinski definition) is 7. The average Bonchev–Trinajstić information content (AvgIpc) is 3.12. The lowest BCUT2D eigenvalue weighted by molar-refractivity contribution is -0.870. The molecular weight excluding hydrogens is 697 g/mol. The Morgan fingerprint density at radius 2 is 1.07 bits per heavy atom. The maximum atomic E-state index is 12.7. The van der Waals surface area contributed by atoms with Crippen molar-refractivity contribution in [1.29, 1.82) is 0 Å². The number of carbonyl (C=O) groups is 1. The molecule has 318 valence electrons. The van der Waals surface area contributed by atoms with Crippen molar-refractivity contribution in [2.45, 2.75) is 193 Å². The van der Waals surface area contributed by atoms with E-state index >= 15 is 0 Å². The molecule has 0 aliphatic rings. The van der Waals surface area contributed by atoms with E-state index in [4.69, 9.17) is 18.5 Å². The van der Waals surface area contributed by atoms with Crippen LogP contribution in [0.3, 0.4) is 0 Å². The fraction of sp³-hybridized carbons (Fsp3) is 0.844. The first-order valence-corrected chi connectivity index (χ1v) is 23.7. The van der Waals surface area contributed by atoms with Crippen LogP contribution in [-0.2, 0) is 27.9 Å². The molecule has 0 N–H and O–H groups in total. The van der Waals surface area contributed by atoms with Gasteiger partial charge in [0.1, 0.15) is 19.3 Å². The highest BCUT2D eigenvalue weighted by molar-refractivity contribution is 7.45. The molecule has 0 heterocycles. The van der Waals surface area contributed by atoms with E-state index in [1.807, 2.05) is 21.1 Å². The topological polar surface area (TPSA) is 94.1 Å². The van der Waals surface area contributed by atoms with Gasteiger partial charge < -0.3 is 27.9 Å². The van der Waals surface area contributed by atoms with Crippen LogP contribution in [0.25, 0.3) is 0 Å². The van der Waals surface area contributed by atoms with Gasteiger partial charge in [0, 0.05) is 13.0 Å². The van der Waals surface area contributed by atoms with Crippen molar-refractivity contribution in [3.8, 4) is 0 Å². The molecule has 0 aromatic rings. The number of quaternary nitrogens is 1. The molecule has 0 bridgehead atoms. The lowest BCUT2D eigenvalue weighted by Gasteiger charge is -2.28. The van der Waals surface area contributed by atoms with Crippen LogP contribution in [0.5, 0.6) is 0 Å². The third kappa shape index (κ3) is 41.9. The molecule has 0 aromatic heterocycles. The highest BCUT2D eigenvalue weighted by Gasteiger charge is 2.20. The van der Waals surface area contributed by atoms with Gasteiger partial charge in [-0.25, -0.2) is 0 Å². The number of phosphoric ester groups is 1. The number of ether oxygens (including phenoxy) is 2. The fourth-order valence-corrected chi connectivity index (χ4v) is 6.76. The van der Waals surface area contributed by atoms with Crippen LogP contribution in [0.15, 0.2) is 36.5 Å². The molecule has 8 nitrogen and oxygen atoms in total. The minimum atomic E-state index is -4.53. The van der Waals surface area contributed by atoms with E-state index in [2.05, 4.69) is 50.3 Å². The summed E-state index contributed by atoms with van der Waals surface area (Å²) in [5.41, 5.74) is 0. The molecule has 0 radical (unpaired) electrons. The lowest BCUT2D eigenvalue weighted by Crippen LogP contribution is -2.37. The second-order valence-electron chi connectivity index (χ2n) is 16.0. The molecule has 0 spiro atoms. The molecule has 9 heteroatoms. The summed E-state index contributed by atoms with van der Waals surface area (Å²) in [6.07, 6.45) is 44.4. The number of esters is 1. The van der Waals surface area contributed by atoms with Gasteiger partial charge >= 0.3 is 5.97 Å². The number of rotatable bonds is 41. The third-order valence-electron chi connectivity index (χ3n) is 9.46. The number of phosphoric acid groups is 1. The van der Waals surface area contributed by atoms with Crippen LogP contribution in [0.4, 0.5) is 0 Å². The van der Waals surface area contributed by atoms with Gasteiger partial charge in [-0.1, -0.05) is 172 Å². The summed E-state index contributed by atoms with van der Waals surface area (Å²) >= 11 is 0. The van der Waals surface area contributed by atoms with Crippen molar-refractivity contribution in [3.63, 3.8) is 0 Å². The first-order chi connectivity index (χ1) is 26.1. The summed E-state index contributed by atoms with van der Waals surface area (Å²) < 4.78 is 34.6. The summed E-state index contributed by atoms with van der Waals surface area (Å²) in [5, 5.41) is 0. The number of carbonyl (C=O) groups excluding carboxylic acids is 1. The minimum absolute atomic E-state index is 0.0232. The Labute approximate surface area is 334 Å². The zero-order valence-electron chi connectivity index (χ0n) is 35.9. The zero-order valence-corrected chi connectivity index (χ0v) is 36.8. The summed E-state index contributed by atoms with van der Waals surface area (Å²) in [6.45, 7) is 5.30. The Balaban J connectivity index is 4.23. The number of likely N-dealkylation sites (N-methyl/N-ethyl adjacent to an activating group) is 1. The standard InChI is InChI=1S/C45H86NO7P/c1-6-8-10-12-14-16-18-20-22-23-25-27-29-31-33-35-37-40-50-42-44(43-52-54(48,49)51-41-39-46(3,4)5)53-45(47)38-36-34-32-30-28-26-24-21-19-17-15-13-11-9-7-2/h9,11,15,17,21,24,44H,6-8,10,12-14,16,18-20,22-23,25-43H2,1-5H3/b11-9-,17-15-,24-21-. The molecule has 2 atom stereocenters. The van der Waals surface area contributed by atoms with Crippen molar-refractivity contribution in [1.82, 2.24) is 0 Å². The quantitative estimate of drug-likeness (QED) is 0.0200. The molecule has 0 amide bonds. The van der Waals surface area contributed by atoms with Crippen LogP contribution >= 0.6 is 7.82 Å². The highest BCUT2D eigenvalue weighted by Crippen LogP contribution is 2.38. The lowest BCUT2D eigenvalue weighted by atomic mass is 10.0. The minimum Gasteiger partial charge on any atom is -0.756 e. The van der Waals surface area contributed by atoms with Crippen molar-refractivity contribution in [2.75, 3.05) is 54.1 Å². The van der Waals surface area contributed by atoms with Crippen molar-refractivity contribution >= 4 is 13.8 Å². The maximum Gasteiger partial charge on any atom is 0.306 e. The van der Waals surface area contributed by atoms with E-state index in [9.17, 15) is 14.3 Å². The fourth-order valence-electron chi connectivity index (χ4n) is 6.03. The third-order valence-corrected chi connectivity index (χ3v) is 10.4. The summed E-state index contributed by atoms with van der Waals surface area (Å²) in [7, 11) is 1.35. The monoisotopic (exact) mass is 784 g/mol. The molecule has 2 unspecified atom stereocenters. The molecule has 0 saturated heterocycles. The van der Waals surface area contributed by atoms with E-state index in [0.29, 0.717) is 24.1 Å². The van der Waals surface area contributed by atoms with Crippen molar-refractivity contribution in [3.05, 3.63) is 36.5 Å². The number of allylic oxidation sites excluding steroid dienone is 6. The Morgan fingerprint density at radius 1 is 0.593 bits per heavy atom. The number of nitrogens with zero attached hydrogens (tertiary/aromatic N) is 1. The summed E-state index contributed by atoms with van der Waals surface area (Å²) in [4.78, 5) is 25.0. The van der Waals surface area contributed by atoms with E-state index in [-0.39, 0.29) is 25.8 Å². The Kier molecular flexibility index (Phi) is 37.7. The predicted molar refractivity (Wildman–Crippen MR) is 227 cm³/mol. The normalized spacial score (nSPS) is 14.1. The van der Waals surface area contributed by atoms with Gasteiger partial charge in [-0.3, -0.25) is 9.36 Å². The number of hydrogen-bond donors (Lipinski definition) is 0. The van der Waals surface area contributed by atoms with Crippen LogP contribution < -0.4 is 4.89 Å². The Hall–Kier alpha value is -1.28. The van der Waals surface area contributed by atoms with E-state index < -0.39 is 13.9 Å². The molecular formula is C45H86NO7P. The van der Waals surface area contributed by atoms with Crippen LogP contribution in [0.1, 0.15) is 187 Å². The Morgan fingerprint density at radius 3 is 1.61 bits per heavy atom. The SMILES string of the molecule is CC/C=C\C/C=C\C/C=C\CCCCCCCC(=O)OC(COCCCCCCCCCCCCCCCCCCC)COP(=O)([O-])OCC[N+](C)(C)C. The maximum absolute atomic E-state index is 12.7. The Bertz CT molecular complexity index is 962. The second kappa shape index (κ2) is 38.6. The number of unbranched alkanes of at least 4 members (excludes halogenated alkanes) is 21. The second-order valence-corrected chi connectivity index (χ2v) is 17.4. The molecule has 0 rings (SSSR count). The largest absolute Gasteiger partial charge is 0.756 e. The predicted octanol–water partition coefficient (Wildman–Crippen LogP) is 12.4. The van der Waals surface area contributed by atoms with E-state index in [1.165, 1.54) is 96.3 Å². The van der Waals surface area contributed by atoms with Gasteiger partial charge in [-0.05, 0) is 44.9 Å².